The molecule has 0 aliphatic carbocycles. The molecule has 1 N–H and O–H groups in total. The monoisotopic (exact) mass is 324 g/mol. The lowest BCUT2D eigenvalue weighted by Crippen LogP contribution is -2.05. The van der Waals surface area contributed by atoms with Gasteiger partial charge in [0.25, 0.3) is 0 Å². The molecule has 21 heavy (non-hydrogen) atoms. The summed E-state index contributed by atoms with van der Waals surface area (Å²) in [5.41, 5.74) is 0.334. The van der Waals surface area contributed by atoms with Crippen LogP contribution in [0.15, 0.2) is 41.3 Å². The standard InChI is InChI=1S/C14H9ClO5S/c15-10-2-4-11-9(5-10)7-21(18,19)13-6-8(14(16)17)1-3-12(13)20-11/h1-6H,7H2,(H,16,17). The summed E-state index contributed by atoms with van der Waals surface area (Å²) < 4.78 is 30.4. The van der Waals surface area contributed by atoms with E-state index < -0.39 is 15.8 Å². The molecule has 0 saturated carbocycles. The quantitative estimate of drug-likeness (QED) is 0.871. The third-order valence-corrected chi connectivity index (χ3v) is 5.03. The molecular formula is C14H9ClO5S. The van der Waals surface area contributed by atoms with Crippen LogP contribution in [-0.2, 0) is 15.6 Å². The van der Waals surface area contributed by atoms with Crippen molar-refractivity contribution in [3.8, 4) is 11.5 Å². The Bertz CT molecular complexity index is 858. The summed E-state index contributed by atoms with van der Waals surface area (Å²) in [5.74, 6) is -0.984. The van der Waals surface area contributed by atoms with Gasteiger partial charge < -0.3 is 9.84 Å². The van der Waals surface area contributed by atoms with Gasteiger partial charge in [-0.1, -0.05) is 11.6 Å². The minimum absolute atomic E-state index is 0.107. The minimum atomic E-state index is -3.71. The molecule has 3 rings (SSSR count). The van der Waals surface area contributed by atoms with E-state index in [0.29, 0.717) is 16.3 Å². The Morgan fingerprint density at radius 1 is 1.14 bits per heavy atom. The van der Waals surface area contributed by atoms with E-state index in [-0.39, 0.29) is 22.0 Å². The number of halogens is 1. The Balaban J connectivity index is 2.23. The van der Waals surface area contributed by atoms with Gasteiger partial charge in [0.2, 0.25) is 0 Å². The van der Waals surface area contributed by atoms with Crippen molar-refractivity contribution < 1.29 is 23.1 Å². The smallest absolute Gasteiger partial charge is 0.335 e. The Morgan fingerprint density at radius 3 is 2.57 bits per heavy atom. The highest BCUT2D eigenvalue weighted by Gasteiger charge is 2.28. The molecule has 2 aromatic rings. The van der Waals surface area contributed by atoms with Crippen molar-refractivity contribution in [2.24, 2.45) is 0 Å². The number of carbonyl (C=O) groups is 1. The fourth-order valence-electron chi connectivity index (χ4n) is 2.13. The van der Waals surface area contributed by atoms with Gasteiger partial charge >= 0.3 is 5.97 Å². The van der Waals surface area contributed by atoms with Gasteiger partial charge in [-0.15, -0.1) is 0 Å². The maximum Gasteiger partial charge on any atom is 0.335 e. The molecule has 108 valence electrons. The van der Waals surface area contributed by atoms with E-state index in [1.165, 1.54) is 18.2 Å². The topological polar surface area (TPSA) is 80.7 Å². The summed E-state index contributed by atoms with van der Waals surface area (Å²) in [6.07, 6.45) is 0. The van der Waals surface area contributed by atoms with Crippen LogP contribution in [-0.4, -0.2) is 19.5 Å². The van der Waals surface area contributed by atoms with Crippen LogP contribution in [0.2, 0.25) is 5.02 Å². The molecular weight excluding hydrogens is 316 g/mol. The van der Waals surface area contributed by atoms with Gasteiger partial charge in [0.1, 0.15) is 16.4 Å². The third-order valence-electron chi connectivity index (χ3n) is 3.11. The van der Waals surface area contributed by atoms with E-state index in [2.05, 4.69) is 0 Å². The lowest BCUT2D eigenvalue weighted by atomic mass is 10.2. The molecule has 1 aliphatic rings. The highest BCUT2D eigenvalue weighted by Crippen LogP contribution is 2.38. The van der Waals surface area contributed by atoms with E-state index in [9.17, 15) is 13.2 Å². The van der Waals surface area contributed by atoms with Gasteiger partial charge in [-0.2, -0.15) is 0 Å². The highest BCUT2D eigenvalue weighted by atomic mass is 35.5. The number of hydrogen-bond acceptors (Lipinski definition) is 4. The van der Waals surface area contributed by atoms with Crippen molar-refractivity contribution in [1.29, 1.82) is 0 Å². The molecule has 0 amide bonds. The van der Waals surface area contributed by atoms with Crippen molar-refractivity contribution in [2.75, 3.05) is 0 Å². The van der Waals surface area contributed by atoms with E-state index >= 15 is 0 Å². The van der Waals surface area contributed by atoms with Crippen molar-refractivity contribution in [1.82, 2.24) is 0 Å². The number of hydrogen-bond donors (Lipinski definition) is 1. The van der Waals surface area contributed by atoms with Crippen LogP contribution in [0.4, 0.5) is 0 Å². The van der Waals surface area contributed by atoms with E-state index in [1.807, 2.05) is 0 Å². The molecule has 1 aliphatic heterocycles. The van der Waals surface area contributed by atoms with Crippen molar-refractivity contribution in [2.45, 2.75) is 10.6 Å². The zero-order valence-corrected chi connectivity index (χ0v) is 12.1. The fraction of sp³-hybridized carbons (Fsp3) is 0.0714. The number of ether oxygens (including phenoxy) is 1. The second-order valence-corrected chi connectivity index (χ2v) is 6.97. The first kappa shape index (κ1) is 13.9. The fourth-order valence-corrected chi connectivity index (χ4v) is 3.84. The summed E-state index contributed by atoms with van der Waals surface area (Å²) in [6.45, 7) is 0. The van der Waals surface area contributed by atoms with Crippen molar-refractivity contribution in [3.63, 3.8) is 0 Å². The van der Waals surface area contributed by atoms with E-state index in [1.54, 1.807) is 12.1 Å². The Morgan fingerprint density at radius 2 is 1.86 bits per heavy atom. The third kappa shape index (κ3) is 2.48. The molecule has 0 radical (unpaired) electrons. The van der Waals surface area contributed by atoms with Gasteiger partial charge in [-0.25, -0.2) is 13.2 Å². The zero-order chi connectivity index (χ0) is 15.2. The summed E-state index contributed by atoms with van der Waals surface area (Å²) in [7, 11) is -3.71. The summed E-state index contributed by atoms with van der Waals surface area (Å²) in [4.78, 5) is 10.9. The minimum Gasteiger partial charge on any atom is -0.478 e. The second-order valence-electron chi connectivity index (χ2n) is 4.58. The molecule has 0 unspecified atom stereocenters. The maximum absolute atomic E-state index is 12.4. The van der Waals surface area contributed by atoms with Crippen LogP contribution in [0, 0.1) is 0 Å². The molecule has 1 heterocycles. The van der Waals surface area contributed by atoms with Gasteiger partial charge in [-0.05, 0) is 36.4 Å². The predicted molar refractivity (Wildman–Crippen MR) is 75.8 cm³/mol. The van der Waals surface area contributed by atoms with Crippen molar-refractivity contribution >= 4 is 27.4 Å². The number of fused-ring (bicyclic) bond motifs is 2. The number of carboxylic acids is 1. The lowest BCUT2D eigenvalue weighted by Gasteiger charge is -2.08. The largest absolute Gasteiger partial charge is 0.478 e. The normalized spacial score (nSPS) is 15.3. The zero-order valence-electron chi connectivity index (χ0n) is 10.5. The number of carboxylic acid groups (broad SMARTS) is 1. The lowest BCUT2D eigenvalue weighted by molar-refractivity contribution is 0.0696. The van der Waals surface area contributed by atoms with Crippen molar-refractivity contribution in [3.05, 3.63) is 52.5 Å². The molecule has 5 nitrogen and oxygen atoms in total. The first-order chi connectivity index (χ1) is 9.87. The van der Waals surface area contributed by atoms with Crippen LogP contribution in [0.1, 0.15) is 15.9 Å². The van der Waals surface area contributed by atoms with Gasteiger partial charge in [0, 0.05) is 10.6 Å². The van der Waals surface area contributed by atoms with E-state index in [4.69, 9.17) is 21.4 Å². The van der Waals surface area contributed by atoms with Gasteiger partial charge in [0.05, 0.1) is 11.3 Å². The maximum atomic E-state index is 12.4. The molecule has 0 saturated heterocycles. The number of rotatable bonds is 1. The second kappa shape index (κ2) is 4.75. The average molecular weight is 325 g/mol. The Labute approximate surface area is 125 Å². The SMILES string of the molecule is O=C(O)c1ccc2c(c1)S(=O)(=O)Cc1cc(Cl)ccc1O2. The Hall–Kier alpha value is -2.05. The van der Waals surface area contributed by atoms with Crippen LogP contribution in [0.3, 0.4) is 0 Å². The van der Waals surface area contributed by atoms with Gasteiger partial charge in [-0.3, -0.25) is 0 Å². The molecule has 0 atom stereocenters. The summed E-state index contributed by atoms with van der Waals surface area (Å²) >= 11 is 5.87. The van der Waals surface area contributed by atoms with E-state index in [0.717, 1.165) is 6.07 Å². The molecule has 2 aromatic carbocycles. The first-order valence-corrected chi connectivity index (χ1v) is 7.96. The molecule has 0 bridgehead atoms. The molecule has 7 heteroatoms. The van der Waals surface area contributed by atoms with Gasteiger partial charge in [0.15, 0.2) is 9.84 Å². The van der Waals surface area contributed by atoms with Crippen LogP contribution in [0.25, 0.3) is 0 Å². The van der Waals surface area contributed by atoms with Crippen LogP contribution >= 0.6 is 11.6 Å². The van der Waals surface area contributed by atoms with Crippen LogP contribution in [0.5, 0.6) is 11.5 Å². The Kier molecular flexibility index (Phi) is 3.15. The molecule has 0 fully saturated rings. The number of aromatic carboxylic acids is 1. The van der Waals surface area contributed by atoms with Crippen LogP contribution < -0.4 is 4.74 Å². The number of benzene rings is 2. The first-order valence-electron chi connectivity index (χ1n) is 5.93. The number of sulfone groups is 1. The highest BCUT2D eigenvalue weighted by molar-refractivity contribution is 7.90. The molecule has 0 spiro atoms. The summed E-state index contributed by atoms with van der Waals surface area (Å²) in [5, 5.41) is 9.39. The molecule has 0 aromatic heterocycles. The predicted octanol–water partition coefficient (Wildman–Crippen LogP) is 3.12. The summed E-state index contributed by atoms with van der Waals surface area (Å²) in [6, 6.07) is 8.48. The average Bonchev–Trinajstić information content (AvgIpc) is 2.51.